The van der Waals surface area contributed by atoms with E-state index >= 15 is 0 Å². The minimum Gasteiger partial charge on any atom is -0.481 e. The maximum Gasteiger partial charge on any atom is 0.307 e. The van der Waals surface area contributed by atoms with Crippen molar-refractivity contribution >= 4 is 21.9 Å². The monoisotopic (exact) mass is 297 g/mol. The molecule has 4 heteroatoms. The molecule has 0 bridgehead atoms. The van der Waals surface area contributed by atoms with Crippen molar-refractivity contribution in [3.05, 3.63) is 33.8 Å². The second kappa shape index (κ2) is 5.19. The molecule has 0 spiro atoms. The highest BCUT2D eigenvalue weighted by atomic mass is 79.9. The van der Waals surface area contributed by atoms with Crippen molar-refractivity contribution in [3.63, 3.8) is 0 Å². The highest BCUT2D eigenvalue weighted by molar-refractivity contribution is 9.10. The van der Waals surface area contributed by atoms with Crippen LogP contribution in [0.1, 0.15) is 30.5 Å². The van der Waals surface area contributed by atoms with Crippen molar-refractivity contribution in [1.29, 1.82) is 0 Å². The summed E-state index contributed by atoms with van der Waals surface area (Å²) in [5.41, 5.74) is 2.45. The summed E-state index contributed by atoms with van der Waals surface area (Å²) in [6.07, 6.45) is 1.66. The Bertz CT molecular complexity index is 433. The Hall–Kier alpha value is -0.870. The van der Waals surface area contributed by atoms with Gasteiger partial charge < -0.3 is 10.4 Å². The molecule has 1 aromatic rings. The smallest absolute Gasteiger partial charge is 0.307 e. The quantitative estimate of drug-likeness (QED) is 0.902. The number of benzene rings is 1. The third kappa shape index (κ3) is 2.87. The van der Waals surface area contributed by atoms with Crippen LogP contribution >= 0.6 is 15.9 Å². The van der Waals surface area contributed by atoms with Gasteiger partial charge in [0.25, 0.3) is 0 Å². The molecule has 2 rings (SSSR count). The first kappa shape index (κ1) is 12.6. The second-order valence-corrected chi connectivity index (χ2v) is 5.39. The first-order valence-electron chi connectivity index (χ1n) is 5.85. The summed E-state index contributed by atoms with van der Waals surface area (Å²) in [4.78, 5) is 10.9. The summed E-state index contributed by atoms with van der Waals surface area (Å²) in [6, 6.07) is 6.50. The van der Waals surface area contributed by atoms with E-state index in [4.69, 9.17) is 5.11 Å². The molecular weight excluding hydrogens is 282 g/mol. The zero-order valence-corrected chi connectivity index (χ0v) is 11.3. The van der Waals surface area contributed by atoms with E-state index in [2.05, 4.69) is 46.4 Å². The van der Waals surface area contributed by atoms with Gasteiger partial charge in [-0.15, -0.1) is 0 Å². The van der Waals surface area contributed by atoms with Gasteiger partial charge in [0, 0.05) is 17.1 Å². The average molecular weight is 298 g/mol. The molecular formula is C13H16BrNO2. The van der Waals surface area contributed by atoms with E-state index in [0.717, 1.165) is 10.9 Å². The lowest BCUT2D eigenvalue weighted by molar-refractivity contribution is -0.141. The molecule has 1 aliphatic rings. The molecule has 0 amide bonds. The Morgan fingerprint density at radius 1 is 1.53 bits per heavy atom. The maximum atomic E-state index is 10.9. The number of carboxylic acids is 1. The summed E-state index contributed by atoms with van der Waals surface area (Å²) in [5, 5.41) is 12.3. The molecule has 1 fully saturated rings. The van der Waals surface area contributed by atoms with Crippen LogP contribution < -0.4 is 5.32 Å². The number of carboxylic acid groups (broad SMARTS) is 1. The van der Waals surface area contributed by atoms with Gasteiger partial charge >= 0.3 is 5.97 Å². The van der Waals surface area contributed by atoms with E-state index in [-0.39, 0.29) is 12.0 Å². The van der Waals surface area contributed by atoms with Crippen LogP contribution in [0.4, 0.5) is 0 Å². The number of halogens is 1. The molecule has 17 heavy (non-hydrogen) atoms. The van der Waals surface area contributed by atoms with Gasteiger partial charge in [0.1, 0.15) is 0 Å². The number of hydrogen-bond acceptors (Lipinski definition) is 2. The van der Waals surface area contributed by atoms with Gasteiger partial charge in [-0.05, 0) is 36.1 Å². The Morgan fingerprint density at radius 2 is 2.29 bits per heavy atom. The summed E-state index contributed by atoms with van der Waals surface area (Å²) < 4.78 is 1.06. The zero-order valence-electron chi connectivity index (χ0n) is 9.74. The highest BCUT2D eigenvalue weighted by Crippen LogP contribution is 2.30. The summed E-state index contributed by atoms with van der Waals surface area (Å²) in [5.74, 6) is -0.963. The number of rotatable bonds is 3. The van der Waals surface area contributed by atoms with Gasteiger partial charge in [0.05, 0.1) is 5.92 Å². The van der Waals surface area contributed by atoms with E-state index in [1.165, 1.54) is 11.1 Å². The fourth-order valence-electron chi connectivity index (χ4n) is 2.26. The topological polar surface area (TPSA) is 49.3 Å². The van der Waals surface area contributed by atoms with Crippen molar-refractivity contribution < 1.29 is 9.90 Å². The third-order valence-electron chi connectivity index (χ3n) is 3.27. The Kier molecular flexibility index (Phi) is 3.84. The summed E-state index contributed by atoms with van der Waals surface area (Å²) in [7, 11) is 0. The van der Waals surface area contributed by atoms with Crippen molar-refractivity contribution in [2.45, 2.75) is 25.8 Å². The standard InChI is InChI=1S/C13H16BrNO2/c1-2-8-3-9(5-11(14)4-8)12-6-10(7-15-12)13(16)17/h3-5,10,12,15H,2,6-7H2,1H3,(H,16,17). The molecule has 0 saturated carbocycles. The Morgan fingerprint density at radius 3 is 2.88 bits per heavy atom. The lowest BCUT2D eigenvalue weighted by atomic mass is 9.98. The van der Waals surface area contributed by atoms with E-state index in [1.807, 2.05) is 0 Å². The van der Waals surface area contributed by atoms with Crippen molar-refractivity contribution in [2.75, 3.05) is 6.54 Å². The maximum absolute atomic E-state index is 10.9. The second-order valence-electron chi connectivity index (χ2n) is 4.48. The molecule has 2 atom stereocenters. The zero-order chi connectivity index (χ0) is 12.4. The van der Waals surface area contributed by atoms with Crippen LogP contribution in [0.5, 0.6) is 0 Å². The number of carbonyl (C=O) groups is 1. The number of nitrogens with one attached hydrogen (secondary N) is 1. The molecule has 92 valence electrons. The van der Waals surface area contributed by atoms with Gasteiger partial charge in [-0.3, -0.25) is 4.79 Å². The Balaban J connectivity index is 2.18. The van der Waals surface area contributed by atoms with E-state index in [0.29, 0.717) is 13.0 Å². The predicted octanol–water partition coefficient (Wildman–Crippen LogP) is 2.75. The molecule has 1 heterocycles. The van der Waals surface area contributed by atoms with Crippen LogP contribution in [-0.4, -0.2) is 17.6 Å². The minimum absolute atomic E-state index is 0.166. The SMILES string of the molecule is CCc1cc(Br)cc(C2CC(C(=O)O)CN2)c1. The minimum atomic E-state index is -0.703. The molecule has 1 aromatic carbocycles. The highest BCUT2D eigenvalue weighted by Gasteiger charge is 2.30. The summed E-state index contributed by atoms with van der Waals surface area (Å²) >= 11 is 3.50. The largest absolute Gasteiger partial charge is 0.481 e. The Labute approximate surface area is 109 Å². The molecule has 2 N–H and O–H groups in total. The van der Waals surface area contributed by atoms with Gasteiger partial charge in [0.15, 0.2) is 0 Å². The first-order chi connectivity index (χ1) is 8.10. The van der Waals surface area contributed by atoms with Gasteiger partial charge in [-0.1, -0.05) is 28.9 Å². The predicted molar refractivity (Wildman–Crippen MR) is 70.0 cm³/mol. The molecule has 3 nitrogen and oxygen atoms in total. The van der Waals surface area contributed by atoms with Crippen LogP contribution in [0.2, 0.25) is 0 Å². The van der Waals surface area contributed by atoms with Gasteiger partial charge in [-0.25, -0.2) is 0 Å². The number of aliphatic carboxylic acids is 1. The van der Waals surface area contributed by atoms with Crippen molar-refractivity contribution in [3.8, 4) is 0 Å². The van der Waals surface area contributed by atoms with Crippen LogP contribution in [0, 0.1) is 5.92 Å². The third-order valence-corrected chi connectivity index (χ3v) is 3.73. The molecule has 0 aromatic heterocycles. The van der Waals surface area contributed by atoms with E-state index < -0.39 is 5.97 Å². The molecule has 0 radical (unpaired) electrons. The van der Waals surface area contributed by atoms with Crippen LogP contribution in [0.15, 0.2) is 22.7 Å². The average Bonchev–Trinajstić information content (AvgIpc) is 2.77. The first-order valence-corrected chi connectivity index (χ1v) is 6.65. The van der Waals surface area contributed by atoms with Gasteiger partial charge in [-0.2, -0.15) is 0 Å². The van der Waals surface area contributed by atoms with Gasteiger partial charge in [0.2, 0.25) is 0 Å². The van der Waals surface area contributed by atoms with Crippen molar-refractivity contribution in [2.24, 2.45) is 5.92 Å². The van der Waals surface area contributed by atoms with Crippen LogP contribution in [0.25, 0.3) is 0 Å². The lowest BCUT2D eigenvalue weighted by Gasteiger charge is -2.12. The van der Waals surface area contributed by atoms with Crippen LogP contribution in [-0.2, 0) is 11.2 Å². The lowest BCUT2D eigenvalue weighted by Crippen LogP contribution is -2.17. The molecule has 2 unspecified atom stereocenters. The summed E-state index contributed by atoms with van der Waals surface area (Å²) in [6.45, 7) is 2.68. The fraction of sp³-hybridized carbons (Fsp3) is 0.462. The number of hydrogen-bond donors (Lipinski definition) is 2. The molecule has 1 aliphatic heterocycles. The normalized spacial score (nSPS) is 23.9. The fourth-order valence-corrected chi connectivity index (χ4v) is 2.82. The number of aryl methyl sites for hydroxylation is 1. The molecule has 1 saturated heterocycles. The van der Waals surface area contributed by atoms with E-state index in [9.17, 15) is 4.79 Å². The van der Waals surface area contributed by atoms with Crippen molar-refractivity contribution in [1.82, 2.24) is 5.32 Å². The van der Waals surface area contributed by atoms with E-state index in [1.54, 1.807) is 0 Å². The molecule has 0 aliphatic carbocycles. The van der Waals surface area contributed by atoms with Crippen LogP contribution in [0.3, 0.4) is 0 Å².